The van der Waals surface area contributed by atoms with Crippen molar-refractivity contribution in [1.82, 2.24) is 13.8 Å². The molecule has 3 aromatic rings. The Morgan fingerprint density at radius 2 is 1.66 bits per heavy atom. The predicted octanol–water partition coefficient (Wildman–Crippen LogP) is 6.20. The van der Waals surface area contributed by atoms with E-state index >= 15 is 0 Å². The van der Waals surface area contributed by atoms with Gasteiger partial charge in [-0.05, 0) is 60.7 Å². The van der Waals surface area contributed by atoms with Crippen LogP contribution < -0.4 is 0 Å². The quantitative estimate of drug-likeness (QED) is 0.283. The molecule has 0 spiro atoms. The molecule has 1 fully saturated rings. The number of sulfonamides is 1. The van der Waals surface area contributed by atoms with E-state index in [9.17, 15) is 13.2 Å². The summed E-state index contributed by atoms with van der Waals surface area (Å²) < 4.78 is 30.7. The molecule has 0 atom stereocenters. The Morgan fingerprint density at radius 1 is 0.974 bits per heavy atom. The molecule has 1 heterocycles. The summed E-state index contributed by atoms with van der Waals surface area (Å²) in [5.41, 5.74) is 2.24. The lowest BCUT2D eigenvalue weighted by molar-refractivity contribution is -0.135. The third-order valence-corrected chi connectivity index (χ3v) is 9.20. The summed E-state index contributed by atoms with van der Waals surface area (Å²) in [7, 11) is -3.86. The highest BCUT2D eigenvalue weighted by atomic mass is 35.5. The molecule has 2 aromatic carbocycles. The second-order valence-electron chi connectivity index (χ2n) is 10.6. The van der Waals surface area contributed by atoms with Gasteiger partial charge in [0, 0.05) is 36.0 Å². The molecule has 1 aliphatic carbocycles. The molecule has 4 rings (SSSR count). The highest BCUT2D eigenvalue weighted by Crippen LogP contribution is 2.26. The number of amides is 1. The van der Waals surface area contributed by atoms with Crippen molar-refractivity contribution in [2.75, 3.05) is 13.1 Å². The normalized spacial score (nSPS) is 14.8. The van der Waals surface area contributed by atoms with Crippen molar-refractivity contribution in [3.8, 4) is 0 Å². The lowest BCUT2D eigenvalue weighted by Gasteiger charge is -2.36. The van der Waals surface area contributed by atoms with Crippen molar-refractivity contribution in [1.29, 1.82) is 0 Å². The topological polar surface area (TPSA) is 62.6 Å². The van der Waals surface area contributed by atoms with Gasteiger partial charge in [-0.25, -0.2) is 8.42 Å². The number of hydrogen-bond donors (Lipinski definition) is 0. The van der Waals surface area contributed by atoms with Crippen LogP contribution in [0.1, 0.15) is 57.2 Å². The Labute approximate surface area is 232 Å². The summed E-state index contributed by atoms with van der Waals surface area (Å²) in [6.45, 7) is 5.19. The van der Waals surface area contributed by atoms with Crippen LogP contribution in [0.4, 0.5) is 0 Å². The molecule has 1 amide bonds. The first-order chi connectivity index (χ1) is 18.2. The number of hydrogen-bond acceptors (Lipinski definition) is 3. The second-order valence-corrected chi connectivity index (χ2v) is 12.9. The van der Waals surface area contributed by atoms with Gasteiger partial charge in [-0.3, -0.25) is 4.79 Å². The zero-order chi connectivity index (χ0) is 27.1. The highest BCUT2D eigenvalue weighted by Gasteiger charge is 2.32. The van der Waals surface area contributed by atoms with Gasteiger partial charge >= 0.3 is 0 Å². The zero-order valence-electron chi connectivity index (χ0n) is 22.3. The summed E-state index contributed by atoms with van der Waals surface area (Å²) in [5.74, 6) is -0.0846. The first-order valence-corrected chi connectivity index (χ1v) is 15.3. The molecule has 6 nitrogen and oxygen atoms in total. The minimum absolute atomic E-state index is 0.0658. The van der Waals surface area contributed by atoms with Gasteiger partial charge in [-0.1, -0.05) is 75.0 Å². The van der Waals surface area contributed by atoms with Gasteiger partial charge in [0.05, 0.1) is 18.0 Å². The molecule has 0 saturated heterocycles. The number of carbonyl (C=O) groups is 1. The van der Waals surface area contributed by atoms with E-state index in [-0.39, 0.29) is 35.9 Å². The number of benzene rings is 2. The SMILES string of the molecule is CC(C)CN(CC(=O)N(Cc1cccn1Cc1ccccc1)C1CCCCC1)S(=O)(=O)c1ccc(Cl)cc1. The molecule has 1 aliphatic rings. The van der Waals surface area contributed by atoms with E-state index in [4.69, 9.17) is 11.6 Å². The van der Waals surface area contributed by atoms with Gasteiger partial charge < -0.3 is 9.47 Å². The standard InChI is InChI=1S/C30H38ClN3O3S/c1-24(2)20-33(38(36,37)29-17-15-26(31)16-18-29)23-30(35)34(27-12-7-4-8-13-27)22-28-14-9-19-32(28)21-25-10-5-3-6-11-25/h3,5-6,9-11,14-19,24,27H,4,7-8,12-13,20-23H2,1-2H3. The first-order valence-electron chi connectivity index (χ1n) is 13.5. The minimum atomic E-state index is -3.86. The predicted molar refractivity (Wildman–Crippen MR) is 152 cm³/mol. The number of carbonyl (C=O) groups excluding carboxylic acids is 1. The van der Waals surface area contributed by atoms with Crippen LogP contribution in [0, 0.1) is 5.92 Å². The van der Waals surface area contributed by atoms with Crippen LogP contribution in [0.15, 0.2) is 77.8 Å². The van der Waals surface area contributed by atoms with E-state index in [0.29, 0.717) is 11.6 Å². The molecule has 0 bridgehead atoms. The second kappa shape index (κ2) is 13.0. The van der Waals surface area contributed by atoms with Crippen molar-refractivity contribution in [3.63, 3.8) is 0 Å². The maximum atomic E-state index is 14.0. The third kappa shape index (κ3) is 7.28. The van der Waals surface area contributed by atoms with Crippen LogP contribution in [-0.4, -0.2) is 47.2 Å². The highest BCUT2D eigenvalue weighted by molar-refractivity contribution is 7.89. The molecule has 38 heavy (non-hydrogen) atoms. The number of nitrogens with zero attached hydrogens (tertiary/aromatic N) is 3. The van der Waals surface area contributed by atoms with E-state index in [2.05, 4.69) is 22.8 Å². The summed E-state index contributed by atoms with van der Waals surface area (Å²) in [5, 5.41) is 0.470. The fraction of sp³-hybridized carbons (Fsp3) is 0.433. The lowest BCUT2D eigenvalue weighted by atomic mass is 9.94. The van der Waals surface area contributed by atoms with Gasteiger partial charge in [0.25, 0.3) is 0 Å². The largest absolute Gasteiger partial charge is 0.345 e. The van der Waals surface area contributed by atoms with E-state index in [1.807, 2.05) is 49.2 Å². The monoisotopic (exact) mass is 555 g/mol. The van der Waals surface area contributed by atoms with Crippen LogP contribution in [-0.2, 0) is 27.9 Å². The van der Waals surface area contributed by atoms with Crippen LogP contribution in [0.3, 0.4) is 0 Å². The summed E-state index contributed by atoms with van der Waals surface area (Å²) >= 11 is 6.00. The Kier molecular flexibility index (Phi) is 9.69. The van der Waals surface area contributed by atoms with Crippen LogP contribution >= 0.6 is 11.6 Å². The van der Waals surface area contributed by atoms with Gasteiger partial charge in [0.15, 0.2) is 0 Å². The molecule has 8 heteroatoms. The zero-order valence-corrected chi connectivity index (χ0v) is 23.9. The van der Waals surface area contributed by atoms with Gasteiger partial charge in [-0.15, -0.1) is 0 Å². The smallest absolute Gasteiger partial charge is 0.243 e. The Hall–Kier alpha value is -2.61. The lowest BCUT2D eigenvalue weighted by Crippen LogP contribution is -2.48. The molecule has 0 N–H and O–H groups in total. The number of halogens is 1. The van der Waals surface area contributed by atoms with E-state index in [1.54, 1.807) is 12.1 Å². The minimum Gasteiger partial charge on any atom is -0.345 e. The number of rotatable bonds is 11. The summed E-state index contributed by atoms with van der Waals surface area (Å²) in [4.78, 5) is 16.0. The number of aromatic nitrogens is 1. The summed E-state index contributed by atoms with van der Waals surface area (Å²) in [6.07, 6.45) is 7.27. The van der Waals surface area contributed by atoms with Crippen LogP contribution in [0.25, 0.3) is 0 Å². The van der Waals surface area contributed by atoms with Crippen LogP contribution in [0.5, 0.6) is 0 Å². The van der Waals surface area contributed by atoms with Gasteiger partial charge in [0.2, 0.25) is 15.9 Å². The maximum Gasteiger partial charge on any atom is 0.243 e. The average molecular weight is 556 g/mol. The van der Waals surface area contributed by atoms with E-state index in [0.717, 1.165) is 37.9 Å². The van der Waals surface area contributed by atoms with E-state index in [1.165, 1.54) is 28.4 Å². The van der Waals surface area contributed by atoms with E-state index < -0.39 is 10.0 Å². The molecular weight excluding hydrogens is 518 g/mol. The molecule has 0 radical (unpaired) electrons. The Morgan fingerprint density at radius 3 is 2.32 bits per heavy atom. The van der Waals surface area contributed by atoms with Crippen molar-refractivity contribution < 1.29 is 13.2 Å². The fourth-order valence-electron chi connectivity index (χ4n) is 5.17. The average Bonchev–Trinajstić information content (AvgIpc) is 3.34. The summed E-state index contributed by atoms with van der Waals surface area (Å²) in [6, 6.07) is 20.6. The fourth-order valence-corrected chi connectivity index (χ4v) is 6.85. The molecule has 0 aliphatic heterocycles. The van der Waals surface area contributed by atoms with Crippen molar-refractivity contribution in [3.05, 3.63) is 89.2 Å². The molecule has 1 aromatic heterocycles. The van der Waals surface area contributed by atoms with Crippen molar-refractivity contribution >= 4 is 27.5 Å². The third-order valence-electron chi connectivity index (χ3n) is 7.12. The van der Waals surface area contributed by atoms with Crippen molar-refractivity contribution in [2.45, 2.75) is 70.0 Å². The molecule has 204 valence electrons. The molecule has 1 saturated carbocycles. The molecular formula is C30H38ClN3O3S. The first kappa shape index (κ1) is 28.4. The van der Waals surface area contributed by atoms with Crippen LogP contribution in [0.2, 0.25) is 5.02 Å². The Bertz CT molecular complexity index is 1280. The maximum absolute atomic E-state index is 14.0. The molecule has 0 unspecified atom stereocenters. The van der Waals surface area contributed by atoms with Crippen molar-refractivity contribution in [2.24, 2.45) is 5.92 Å². The van der Waals surface area contributed by atoms with Gasteiger partial charge in [0.1, 0.15) is 0 Å². The Balaban J connectivity index is 1.59. The van der Waals surface area contributed by atoms with Gasteiger partial charge in [-0.2, -0.15) is 4.31 Å².